The molecule has 0 unspecified atom stereocenters. The topological polar surface area (TPSA) is 101 Å². The van der Waals surface area contributed by atoms with Gasteiger partial charge in [-0.05, 0) is 42.0 Å². The first-order valence-electron chi connectivity index (χ1n) is 9.95. The Hall–Kier alpha value is -4.38. The summed E-state index contributed by atoms with van der Waals surface area (Å²) in [6, 6.07) is 13.9. The molecule has 1 saturated heterocycles. The summed E-state index contributed by atoms with van der Waals surface area (Å²) < 4.78 is 5.21. The van der Waals surface area contributed by atoms with Gasteiger partial charge in [0.2, 0.25) is 5.54 Å². The quantitative estimate of drug-likeness (QED) is 0.492. The molecule has 2 aliphatic rings. The maximum Gasteiger partial charge on any atom is 0.323 e. The zero-order valence-electron chi connectivity index (χ0n) is 17.1. The number of nitrogens with zero attached hydrogens (tertiary/aromatic N) is 2. The molecular weight excluding hydrogens is 408 g/mol. The Morgan fingerprint density at radius 2 is 2.03 bits per heavy atom. The van der Waals surface area contributed by atoms with Crippen molar-refractivity contribution >= 4 is 28.7 Å². The second-order valence-corrected chi connectivity index (χ2v) is 7.66. The van der Waals surface area contributed by atoms with Gasteiger partial charge in [-0.2, -0.15) is 0 Å². The number of aromatic nitrogens is 1. The van der Waals surface area contributed by atoms with Crippen molar-refractivity contribution in [3.8, 4) is 17.6 Å². The van der Waals surface area contributed by atoms with E-state index in [1.807, 2.05) is 30.3 Å². The molecule has 0 aliphatic carbocycles. The first-order valence-corrected chi connectivity index (χ1v) is 9.95. The molecule has 2 N–H and O–H groups in total. The number of methoxy groups -OCH3 is 1. The number of urea groups is 1. The molecule has 0 radical (unpaired) electrons. The second kappa shape index (κ2) is 7.39. The summed E-state index contributed by atoms with van der Waals surface area (Å²) in [5.74, 6) is 5.65. The van der Waals surface area contributed by atoms with E-state index in [9.17, 15) is 14.4 Å². The highest BCUT2D eigenvalue weighted by Gasteiger charge is 2.48. The number of pyridine rings is 1. The maximum absolute atomic E-state index is 13.0. The van der Waals surface area contributed by atoms with Crippen molar-refractivity contribution in [2.45, 2.75) is 12.1 Å². The van der Waals surface area contributed by atoms with E-state index in [1.54, 1.807) is 24.4 Å². The fourth-order valence-electron chi connectivity index (χ4n) is 3.94. The fourth-order valence-corrected chi connectivity index (χ4v) is 3.94. The summed E-state index contributed by atoms with van der Waals surface area (Å²) in [5.41, 5.74) is 1.28. The number of benzene rings is 2. The third-order valence-corrected chi connectivity index (χ3v) is 5.59. The first-order chi connectivity index (χ1) is 15.5. The molecule has 32 heavy (non-hydrogen) atoms. The minimum absolute atomic E-state index is 0.0808. The minimum atomic E-state index is -1.55. The van der Waals surface area contributed by atoms with Crippen LogP contribution in [0.2, 0.25) is 0 Å². The lowest BCUT2D eigenvalue weighted by molar-refractivity contribution is -0.122. The molecule has 2 aromatic carbocycles. The van der Waals surface area contributed by atoms with Crippen molar-refractivity contribution in [2.24, 2.45) is 0 Å². The molecular formula is C24H18N4O4. The number of carbonyl (C=O) groups is 3. The minimum Gasteiger partial charge on any atom is -0.497 e. The van der Waals surface area contributed by atoms with Crippen LogP contribution in [-0.4, -0.2) is 46.9 Å². The average molecular weight is 426 g/mol. The van der Waals surface area contributed by atoms with Gasteiger partial charge in [0.1, 0.15) is 5.75 Å². The summed E-state index contributed by atoms with van der Waals surface area (Å²) in [7, 11) is 1.53. The van der Waals surface area contributed by atoms with E-state index >= 15 is 0 Å². The van der Waals surface area contributed by atoms with Crippen molar-refractivity contribution in [2.75, 3.05) is 13.7 Å². The zero-order chi connectivity index (χ0) is 22.3. The van der Waals surface area contributed by atoms with Crippen LogP contribution in [-0.2, 0) is 11.3 Å². The summed E-state index contributed by atoms with van der Waals surface area (Å²) in [6.07, 6.45) is 1.71. The van der Waals surface area contributed by atoms with E-state index in [4.69, 9.17) is 4.74 Å². The number of fused-ring (bicyclic) bond motifs is 2. The van der Waals surface area contributed by atoms with Crippen molar-refractivity contribution in [1.29, 1.82) is 0 Å². The molecule has 0 saturated carbocycles. The third kappa shape index (κ3) is 3.30. The van der Waals surface area contributed by atoms with Crippen LogP contribution in [0.25, 0.3) is 10.9 Å². The lowest BCUT2D eigenvalue weighted by atomic mass is 9.99. The molecule has 158 valence electrons. The van der Waals surface area contributed by atoms with Gasteiger partial charge in [-0.25, -0.2) is 4.79 Å². The summed E-state index contributed by atoms with van der Waals surface area (Å²) in [5, 5.41) is 5.77. The number of ether oxygens (including phenoxy) is 1. The second-order valence-electron chi connectivity index (χ2n) is 7.66. The largest absolute Gasteiger partial charge is 0.497 e. The Kier molecular flexibility index (Phi) is 4.52. The normalized spacial score (nSPS) is 19.3. The molecule has 3 aromatic rings. The van der Waals surface area contributed by atoms with Crippen LogP contribution in [0.1, 0.15) is 21.5 Å². The fraction of sp³-hybridized carbons (Fsp3) is 0.167. The van der Waals surface area contributed by atoms with E-state index in [-0.39, 0.29) is 12.5 Å². The van der Waals surface area contributed by atoms with E-state index in [0.717, 1.165) is 16.5 Å². The third-order valence-electron chi connectivity index (χ3n) is 5.59. The molecule has 1 fully saturated rings. The summed E-state index contributed by atoms with van der Waals surface area (Å²) >= 11 is 0. The van der Waals surface area contributed by atoms with Gasteiger partial charge in [-0.15, -0.1) is 0 Å². The smallest absolute Gasteiger partial charge is 0.323 e. The van der Waals surface area contributed by atoms with E-state index < -0.39 is 17.5 Å². The molecule has 1 atom stereocenters. The number of rotatable bonds is 3. The van der Waals surface area contributed by atoms with Crippen LogP contribution >= 0.6 is 0 Å². The van der Waals surface area contributed by atoms with Crippen LogP contribution < -0.4 is 15.4 Å². The summed E-state index contributed by atoms with van der Waals surface area (Å²) in [6.45, 7) is 0.231. The van der Waals surface area contributed by atoms with Gasteiger partial charge in [0.25, 0.3) is 11.8 Å². The predicted octanol–water partition coefficient (Wildman–Crippen LogP) is 1.83. The molecule has 1 aromatic heterocycles. The highest BCUT2D eigenvalue weighted by atomic mass is 16.5. The first kappa shape index (κ1) is 19.6. The van der Waals surface area contributed by atoms with Crippen LogP contribution in [0.4, 0.5) is 4.79 Å². The number of amides is 4. The number of imide groups is 1. The Bertz CT molecular complexity index is 1360. The van der Waals surface area contributed by atoms with Crippen LogP contribution in [0.5, 0.6) is 5.75 Å². The van der Waals surface area contributed by atoms with Crippen LogP contribution in [0, 0.1) is 11.8 Å². The van der Waals surface area contributed by atoms with Crippen molar-refractivity contribution in [3.63, 3.8) is 0 Å². The predicted molar refractivity (Wildman–Crippen MR) is 116 cm³/mol. The average Bonchev–Trinajstić information content (AvgIpc) is 3.26. The Morgan fingerprint density at radius 1 is 1.16 bits per heavy atom. The Balaban J connectivity index is 1.47. The molecule has 2 aliphatic heterocycles. The lowest BCUT2D eigenvalue weighted by Crippen LogP contribution is -2.54. The van der Waals surface area contributed by atoms with Gasteiger partial charge in [-0.1, -0.05) is 24.0 Å². The van der Waals surface area contributed by atoms with Gasteiger partial charge < -0.3 is 15.0 Å². The zero-order valence-corrected chi connectivity index (χ0v) is 17.1. The van der Waals surface area contributed by atoms with Crippen molar-refractivity contribution in [3.05, 3.63) is 71.4 Å². The highest BCUT2D eigenvalue weighted by Crippen LogP contribution is 2.28. The Morgan fingerprint density at radius 3 is 2.81 bits per heavy atom. The van der Waals surface area contributed by atoms with Crippen LogP contribution in [0.3, 0.4) is 0 Å². The molecule has 5 rings (SSSR count). The van der Waals surface area contributed by atoms with Gasteiger partial charge in [0.05, 0.1) is 19.2 Å². The monoisotopic (exact) mass is 426 g/mol. The molecule has 8 heteroatoms. The SMILES string of the molecule is COc1ccc2c(c1)C(=O)N(C[C@]1(C#Cc3ccc4ncccc4c3)NC(=O)NC1=O)C2. The number of hydrogen-bond acceptors (Lipinski definition) is 5. The van der Waals surface area contributed by atoms with Gasteiger partial charge in [0.15, 0.2) is 0 Å². The molecule has 8 nitrogen and oxygen atoms in total. The molecule has 0 bridgehead atoms. The van der Waals surface area contributed by atoms with E-state index in [0.29, 0.717) is 23.4 Å². The lowest BCUT2D eigenvalue weighted by Gasteiger charge is -2.26. The van der Waals surface area contributed by atoms with E-state index in [1.165, 1.54) is 12.0 Å². The molecule has 0 spiro atoms. The standard InChI is InChI=1S/C24H18N4O4/c1-32-18-6-5-17-13-28(21(29)19(17)12-18)14-24(22(30)26-23(31)27-24)9-8-15-4-7-20-16(11-15)3-2-10-25-20/h2-7,10-12H,13-14H2,1H3,(H2,26,27,30,31)/t24-/m0/s1. The Labute approximate surface area is 183 Å². The number of hydrogen-bond donors (Lipinski definition) is 2. The number of nitrogens with one attached hydrogen (secondary N) is 2. The van der Waals surface area contributed by atoms with Gasteiger partial charge in [0, 0.05) is 29.3 Å². The highest BCUT2D eigenvalue weighted by molar-refractivity contribution is 6.10. The summed E-state index contributed by atoms with van der Waals surface area (Å²) in [4.78, 5) is 43.5. The van der Waals surface area contributed by atoms with Crippen molar-refractivity contribution < 1.29 is 19.1 Å². The van der Waals surface area contributed by atoms with Gasteiger partial charge in [-0.3, -0.25) is 19.9 Å². The van der Waals surface area contributed by atoms with Crippen LogP contribution in [0.15, 0.2) is 54.7 Å². The van der Waals surface area contributed by atoms with E-state index in [2.05, 4.69) is 27.5 Å². The van der Waals surface area contributed by atoms with Gasteiger partial charge >= 0.3 is 6.03 Å². The van der Waals surface area contributed by atoms with Crippen molar-refractivity contribution in [1.82, 2.24) is 20.5 Å². The molecule has 4 amide bonds. The molecule has 3 heterocycles. The number of carbonyl (C=O) groups excluding carboxylic acids is 3. The maximum atomic E-state index is 13.0.